The third-order valence-electron chi connectivity index (χ3n) is 5.48. The lowest BCUT2D eigenvalue weighted by molar-refractivity contribution is -0.152. The molecule has 0 aliphatic heterocycles. The fourth-order valence-electron chi connectivity index (χ4n) is 3.49. The van der Waals surface area contributed by atoms with E-state index in [0.29, 0.717) is 17.7 Å². The second kappa shape index (κ2) is 10.5. The summed E-state index contributed by atoms with van der Waals surface area (Å²) in [7, 11) is 0. The van der Waals surface area contributed by atoms with E-state index in [2.05, 4.69) is 38.1 Å². The summed E-state index contributed by atoms with van der Waals surface area (Å²) < 4.78 is 13.1. The largest absolute Gasteiger partial charge is 0.478 e. The fourth-order valence-corrected chi connectivity index (χ4v) is 3.49. The Hall–Kier alpha value is -3.61. The van der Waals surface area contributed by atoms with Gasteiger partial charge in [0.05, 0.1) is 17.0 Å². The molecule has 0 radical (unpaired) electrons. The number of carbonyl (C=O) groups excluding carboxylic acids is 1. The number of benzene rings is 2. The van der Waals surface area contributed by atoms with Crippen molar-refractivity contribution in [3.63, 3.8) is 0 Å². The second-order valence-electron chi connectivity index (χ2n) is 8.94. The highest BCUT2D eigenvalue weighted by Gasteiger charge is 2.29. The lowest BCUT2D eigenvalue weighted by atomic mass is 10.1. The molecular formula is C27H32N2O5. The number of hydrogen-bond acceptors (Lipinski definition) is 5. The van der Waals surface area contributed by atoms with Crippen LogP contribution >= 0.6 is 0 Å². The molecule has 0 bridgehead atoms. The first-order chi connectivity index (χ1) is 16.1. The van der Waals surface area contributed by atoms with E-state index >= 15 is 0 Å². The van der Waals surface area contributed by atoms with Crippen molar-refractivity contribution in [2.75, 3.05) is 0 Å². The van der Waals surface area contributed by atoms with E-state index in [0.717, 1.165) is 24.4 Å². The van der Waals surface area contributed by atoms with Gasteiger partial charge in [-0.2, -0.15) is 5.10 Å². The number of hydrogen-bond donors (Lipinski definition) is 1. The Morgan fingerprint density at radius 2 is 1.74 bits per heavy atom. The molecule has 0 unspecified atom stereocenters. The molecule has 0 fully saturated rings. The van der Waals surface area contributed by atoms with Gasteiger partial charge in [0.2, 0.25) is 0 Å². The first-order valence-electron chi connectivity index (χ1n) is 11.4. The summed E-state index contributed by atoms with van der Waals surface area (Å²) in [5, 5.41) is 13.9. The molecular weight excluding hydrogens is 432 g/mol. The highest BCUT2D eigenvalue weighted by Crippen LogP contribution is 2.24. The monoisotopic (exact) mass is 464 g/mol. The van der Waals surface area contributed by atoms with E-state index < -0.39 is 23.6 Å². The molecule has 0 aliphatic rings. The predicted molar refractivity (Wildman–Crippen MR) is 129 cm³/mol. The van der Waals surface area contributed by atoms with Crippen LogP contribution in [-0.2, 0) is 22.5 Å². The third-order valence-corrected chi connectivity index (χ3v) is 5.48. The van der Waals surface area contributed by atoms with Crippen molar-refractivity contribution in [3.05, 3.63) is 82.7 Å². The molecule has 7 heteroatoms. The molecule has 7 nitrogen and oxygen atoms in total. The van der Waals surface area contributed by atoms with Gasteiger partial charge in [0.25, 0.3) is 0 Å². The first-order valence-corrected chi connectivity index (χ1v) is 11.4. The molecule has 1 N–H and O–H groups in total. The number of aromatic nitrogens is 2. The van der Waals surface area contributed by atoms with Crippen LogP contribution in [0.5, 0.6) is 5.75 Å². The summed E-state index contributed by atoms with van der Waals surface area (Å²) in [6.45, 7) is 9.64. The maximum absolute atomic E-state index is 12.7. The van der Waals surface area contributed by atoms with Gasteiger partial charge in [-0.1, -0.05) is 36.8 Å². The zero-order valence-electron chi connectivity index (χ0n) is 20.4. The van der Waals surface area contributed by atoms with Crippen LogP contribution in [-0.4, -0.2) is 32.4 Å². The Morgan fingerprint density at radius 1 is 1.09 bits per heavy atom. The number of nitrogens with zero attached hydrogens (tertiary/aromatic N) is 2. The van der Waals surface area contributed by atoms with Crippen molar-refractivity contribution in [2.45, 2.75) is 65.7 Å². The molecule has 1 heterocycles. The minimum atomic E-state index is -1.37. The molecule has 0 aliphatic carbocycles. The third kappa shape index (κ3) is 6.25. The number of carboxylic acids is 1. The number of aryl methyl sites for hydroxylation is 2. The highest BCUT2D eigenvalue weighted by atomic mass is 16.5. The number of aliphatic carboxylic acids is 1. The summed E-state index contributed by atoms with van der Waals surface area (Å²) in [6, 6.07) is 16.6. The van der Waals surface area contributed by atoms with Gasteiger partial charge in [-0.25, -0.2) is 9.59 Å². The SMILES string of the molecule is CCCn1nc(Cc2ccc(C)cc2)cc1[C@@H](C)OC(=O)c1ccc(OC(C)(C)C(=O)O)cc1. The van der Waals surface area contributed by atoms with Gasteiger partial charge in [-0.05, 0) is 70.0 Å². The zero-order valence-corrected chi connectivity index (χ0v) is 20.4. The van der Waals surface area contributed by atoms with Gasteiger partial charge < -0.3 is 14.6 Å². The van der Waals surface area contributed by atoms with Gasteiger partial charge in [-0.3, -0.25) is 4.68 Å². The Bertz CT molecular complexity index is 1130. The van der Waals surface area contributed by atoms with Crippen molar-refractivity contribution >= 4 is 11.9 Å². The minimum Gasteiger partial charge on any atom is -0.478 e. The summed E-state index contributed by atoms with van der Waals surface area (Å²) in [4.78, 5) is 24.0. The van der Waals surface area contributed by atoms with Crippen LogP contribution in [0.1, 0.15) is 73.1 Å². The fraction of sp³-hybridized carbons (Fsp3) is 0.370. The lowest BCUT2D eigenvalue weighted by Crippen LogP contribution is -2.37. The normalized spacial score (nSPS) is 12.3. The molecule has 1 atom stereocenters. The zero-order chi connectivity index (χ0) is 24.9. The van der Waals surface area contributed by atoms with Crippen LogP contribution in [0.3, 0.4) is 0 Å². The van der Waals surface area contributed by atoms with E-state index in [1.54, 1.807) is 24.3 Å². The van der Waals surface area contributed by atoms with Gasteiger partial charge in [0.15, 0.2) is 5.60 Å². The number of carbonyl (C=O) groups is 2. The van der Waals surface area contributed by atoms with Crippen LogP contribution in [0, 0.1) is 6.92 Å². The van der Waals surface area contributed by atoms with Gasteiger partial charge in [0.1, 0.15) is 11.9 Å². The van der Waals surface area contributed by atoms with Gasteiger partial charge >= 0.3 is 11.9 Å². The average Bonchev–Trinajstić information content (AvgIpc) is 3.18. The maximum Gasteiger partial charge on any atom is 0.347 e. The second-order valence-corrected chi connectivity index (χ2v) is 8.94. The lowest BCUT2D eigenvalue weighted by Gasteiger charge is -2.21. The van der Waals surface area contributed by atoms with Crippen molar-refractivity contribution in [1.82, 2.24) is 9.78 Å². The molecule has 2 aromatic carbocycles. The van der Waals surface area contributed by atoms with Crippen molar-refractivity contribution in [1.29, 1.82) is 0 Å². The van der Waals surface area contributed by atoms with Gasteiger partial charge in [0, 0.05) is 13.0 Å². The average molecular weight is 465 g/mol. The Labute approximate surface area is 200 Å². The van der Waals surface area contributed by atoms with Crippen LogP contribution in [0.15, 0.2) is 54.6 Å². The quantitative estimate of drug-likeness (QED) is 0.407. The molecule has 3 aromatic rings. The summed E-state index contributed by atoms with van der Waals surface area (Å²) in [6.07, 6.45) is 1.13. The molecule has 0 saturated heterocycles. The number of rotatable bonds is 10. The molecule has 1 aromatic heterocycles. The van der Waals surface area contributed by atoms with Crippen molar-refractivity contribution in [2.24, 2.45) is 0 Å². The van der Waals surface area contributed by atoms with Crippen LogP contribution in [0.4, 0.5) is 0 Å². The Balaban J connectivity index is 1.70. The van der Waals surface area contributed by atoms with E-state index in [-0.39, 0.29) is 0 Å². The van der Waals surface area contributed by atoms with Gasteiger partial charge in [-0.15, -0.1) is 0 Å². The molecule has 3 rings (SSSR count). The van der Waals surface area contributed by atoms with E-state index in [4.69, 9.17) is 14.6 Å². The molecule has 34 heavy (non-hydrogen) atoms. The van der Waals surface area contributed by atoms with Crippen LogP contribution in [0.25, 0.3) is 0 Å². The van der Waals surface area contributed by atoms with E-state index in [9.17, 15) is 14.7 Å². The molecule has 0 spiro atoms. The number of carboxylic acid groups (broad SMARTS) is 1. The molecule has 0 amide bonds. The standard InChI is InChI=1S/C27H32N2O5/c1-6-15-29-24(17-22(28-29)16-20-9-7-18(2)8-10-20)19(3)33-25(30)21-11-13-23(14-12-21)34-27(4,5)26(31)32/h7-14,17,19H,6,15-16H2,1-5H3,(H,31,32)/t19-/m1/s1. The molecule has 0 saturated carbocycles. The maximum atomic E-state index is 12.7. The van der Waals surface area contributed by atoms with Crippen molar-refractivity contribution in [3.8, 4) is 5.75 Å². The minimum absolute atomic E-state index is 0.355. The van der Waals surface area contributed by atoms with E-state index in [1.165, 1.54) is 25.0 Å². The Kier molecular flexibility index (Phi) is 7.76. The predicted octanol–water partition coefficient (Wildman–Crippen LogP) is 5.35. The van der Waals surface area contributed by atoms with Crippen LogP contribution < -0.4 is 4.74 Å². The van der Waals surface area contributed by atoms with Crippen molar-refractivity contribution < 1.29 is 24.2 Å². The number of ether oxygens (including phenoxy) is 2. The van der Waals surface area contributed by atoms with E-state index in [1.807, 2.05) is 17.7 Å². The topological polar surface area (TPSA) is 90.7 Å². The smallest absolute Gasteiger partial charge is 0.347 e. The molecule has 180 valence electrons. The summed E-state index contributed by atoms with van der Waals surface area (Å²) in [5.41, 5.74) is 3.15. The summed E-state index contributed by atoms with van der Waals surface area (Å²) >= 11 is 0. The first kappa shape index (κ1) is 25.0. The van der Waals surface area contributed by atoms with Crippen LogP contribution in [0.2, 0.25) is 0 Å². The summed E-state index contributed by atoms with van der Waals surface area (Å²) in [5.74, 6) is -1.19. The highest BCUT2D eigenvalue weighted by molar-refractivity contribution is 5.89. The number of esters is 1. The Morgan fingerprint density at radius 3 is 2.32 bits per heavy atom.